The summed E-state index contributed by atoms with van der Waals surface area (Å²) in [5.41, 5.74) is 5.33. The van der Waals surface area contributed by atoms with E-state index in [2.05, 4.69) is 71.4 Å². The Morgan fingerprint density at radius 2 is 1.14 bits per heavy atom. The minimum absolute atomic E-state index is 0.482. The lowest BCUT2D eigenvalue weighted by molar-refractivity contribution is 0.0556. The molecule has 3 aliphatic rings. The number of fused-ring (bicyclic) bond motifs is 3. The molecule has 3 fully saturated rings. The molecule has 0 amide bonds. The second-order valence-electron chi connectivity index (χ2n) is 7.68. The van der Waals surface area contributed by atoms with E-state index < -0.39 is 0 Å². The fourth-order valence-electron chi connectivity index (χ4n) is 4.46. The minimum Gasteiger partial charge on any atom is -0.0596 e. The van der Waals surface area contributed by atoms with E-state index in [1.165, 1.54) is 49.7 Å². The van der Waals surface area contributed by atoms with E-state index in [4.69, 9.17) is 0 Å². The Bertz CT molecular complexity index is 642. The topological polar surface area (TPSA) is 0 Å². The first-order valence-electron chi connectivity index (χ1n) is 8.45. The Morgan fingerprint density at radius 1 is 0.682 bits per heavy atom. The summed E-state index contributed by atoms with van der Waals surface area (Å²) in [5, 5.41) is 0. The number of hydrogen-bond acceptors (Lipinski definition) is 0. The van der Waals surface area contributed by atoms with Crippen molar-refractivity contribution in [3.8, 4) is 11.1 Å². The minimum atomic E-state index is 0.482. The van der Waals surface area contributed by atoms with Crippen molar-refractivity contribution in [1.82, 2.24) is 0 Å². The summed E-state index contributed by atoms with van der Waals surface area (Å²) in [6.45, 7) is 2.49. The second kappa shape index (κ2) is 5.23. The molecule has 3 aliphatic carbocycles. The van der Waals surface area contributed by atoms with Gasteiger partial charge < -0.3 is 0 Å². The normalized spacial score (nSPS) is 30.5. The van der Waals surface area contributed by atoms with Crippen LogP contribution in [0.3, 0.4) is 0 Å². The maximum Gasteiger partial charge on any atom is 0.0175 e. The SMILES string of the molecule is CC12CCC(c3ccc(-c4ccc(Br)cc4)cc3)(CC1)CC2. The summed E-state index contributed by atoms with van der Waals surface area (Å²) in [7, 11) is 0. The van der Waals surface area contributed by atoms with Crippen LogP contribution in [0.1, 0.15) is 51.0 Å². The van der Waals surface area contributed by atoms with Gasteiger partial charge in [-0.1, -0.05) is 59.3 Å². The summed E-state index contributed by atoms with van der Waals surface area (Å²) >= 11 is 3.51. The van der Waals surface area contributed by atoms with Crippen LogP contribution in [0, 0.1) is 5.41 Å². The molecule has 2 aromatic rings. The summed E-state index contributed by atoms with van der Waals surface area (Å²) in [6.07, 6.45) is 8.42. The maximum atomic E-state index is 3.51. The Balaban J connectivity index is 1.61. The zero-order chi connectivity index (χ0) is 15.2. The standard InChI is InChI=1S/C21H23Br/c1-20-10-13-21(14-11-20,15-12-20)18-6-2-16(3-7-18)17-4-8-19(22)9-5-17/h2-9H,10-15H2,1H3. The van der Waals surface area contributed by atoms with Crippen LogP contribution in [0.4, 0.5) is 0 Å². The Kier molecular flexibility index (Phi) is 3.45. The number of hydrogen-bond donors (Lipinski definition) is 0. The molecular weight excluding hydrogens is 332 g/mol. The molecule has 0 spiro atoms. The van der Waals surface area contributed by atoms with Crippen LogP contribution in [0.2, 0.25) is 0 Å². The fraction of sp³-hybridized carbons (Fsp3) is 0.429. The van der Waals surface area contributed by atoms with Crippen LogP contribution in [0.5, 0.6) is 0 Å². The molecule has 0 nitrogen and oxygen atoms in total. The third-order valence-corrected chi connectivity index (χ3v) is 6.82. The van der Waals surface area contributed by atoms with Crippen molar-refractivity contribution in [2.24, 2.45) is 5.41 Å². The third-order valence-electron chi connectivity index (χ3n) is 6.30. The third kappa shape index (κ3) is 2.44. The molecule has 0 saturated heterocycles. The van der Waals surface area contributed by atoms with Gasteiger partial charge in [-0.3, -0.25) is 0 Å². The fourth-order valence-corrected chi connectivity index (χ4v) is 4.73. The Hall–Kier alpha value is -1.08. The van der Waals surface area contributed by atoms with Gasteiger partial charge in [0.05, 0.1) is 0 Å². The molecule has 114 valence electrons. The van der Waals surface area contributed by atoms with E-state index in [1.807, 2.05) is 0 Å². The quantitative estimate of drug-likeness (QED) is 0.560. The van der Waals surface area contributed by atoms with E-state index in [9.17, 15) is 0 Å². The van der Waals surface area contributed by atoms with Gasteiger partial charge in [0.2, 0.25) is 0 Å². The smallest absolute Gasteiger partial charge is 0.0175 e. The zero-order valence-corrected chi connectivity index (χ0v) is 14.8. The molecule has 22 heavy (non-hydrogen) atoms. The average Bonchev–Trinajstić information content (AvgIpc) is 2.57. The van der Waals surface area contributed by atoms with Crippen molar-refractivity contribution < 1.29 is 0 Å². The van der Waals surface area contributed by atoms with Gasteiger partial charge in [0, 0.05) is 4.47 Å². The second-order valence-corrected chi connectivity index (χ2v) is 8.59. The predicted octanol–water partition coefficient (Wildman–Crippen LogP) is 6.73. The van der Waals surface area contributed by atoms with Crippen molar-refractivity contribution in [2.45, 2.75) is 50.9 Å². The lowest BCUT2D eigenvalue weighted by atomic mass is 9.52. The molecule has 0 aliphatic heterocycles. The van der Waals surface area contributed by atoms with Crippen molar-refractivity contribution in [3.63, 3.8) is 0 Å². The van der Waals surface area contributed by atoms with E-state index in [1.54, 1.807) is 5.56 Å². The van der Waals surface area contributed by atoms with Gasteiger partial charge in [-0.25, -0.2) is 0 Å². The molecule has 0 aromatic heterocycles. The highest BCUT2D eigenvalue weighted by Gasteiger charge is 2.46. The molecule has 3 saturated carbocycles. The van der Waals surface area contributed by atoms with Crippen LogP contribution in [0.15, 0.2) is 53.0 Å². The van der Waals surface area contributed by atoms with Gasteiger partial charge in [-0.05, 0) is 78.2 Å². The van der Waals surface area contributed by atoms with Crippen LogP contribution >= 0.6 is 15.9 Å². The first kappa shape index (κ1) is 14.5. The Morgan fingerprint density at radius 3 is 1.64 bits per heavy atom. The molecule has 5 rings (SSSR count). The molecule has 0 N–H and O–H groups in total. The number of benzene rings is 2. The summed E-state index contributed by atoms with van der Waals surface area (Å²) in [6, 6.07) is 18.0. The van der Waals surface area contributed by atoms with Gasteiger partial charge in [0.25, 0.3) is 0 Å². The van der Waals surface area contributed by atoms with Gasteiger partial charge in [-0.15, -0.1) is 0 Å². The first-order chi connectivity index (χ1) is 10.6. The highest BCUT2D eigenvalue weighted by molar-refractivity contribution is 9.10. The number of rotatable bonds is 2. The largest absolute Gasteiger partial charge is 0.0596 e. The van der Waals surface area contributed by atoms with E-state index >= 15 is 0 Å². The molecule has 0 radical (unpaired) electrons. The van der Waals surface area contributed by atoms with E-state index in [-0.39, 0.29) is 0 Å². The first-order valence-corrected chi connectivity index (χ1v) is 9.25. The molecule has 2 bridgehead atoms. The maximum absolute atomic E-state index is 3.51. The summed E-state index contributed by atoms with van der Waals surface area (Å²) in [5.74, 6) is 0. The highest BCUT2D eigenvalue weighted by atomic mass is 79.9. The lowest BCUT2D eigenvalue weighted by Crippen LogP contribution is -2.42. The van der Waals surface area contributed by atoms with Gasteiger partial charge in [-0.2, -0.15) is 0 Å². The molecule has 0 heterocycles. The van der Waals surface area contributed by atoms with Crippen LogP contribution < -0.4 is 0 Å². The van der Waals surface area contributed by atoms with Crippen LogP contribution in [0.25, 0.3) is 11.1 Å². The molecular formula is C21H23Br. The van der Waals surface area contributed by atoms with Gasteiger partial charge in [0.15, 0.2) is 0 Å². The average molecular weight is 355 g/mol. The van der Waals surface area contributed by atoms with Crippen molar-refractivity contribution in [3.05, 3.63) is 58.6 Å². The zero-order valence-electron chi connectivity index (χ0n) is 13.2. The van der Waals surface area contributed by atoms with Gasteiger partial charge >= 0.3 is 0 Å². The Labute approximate surface area is 142 Å². The van der Waals surface area contributed by atoms with Gasteiger partial charge in [0.1, 0.15) is 0 Å². The molecule has 2 aromatic carbocycles. The monoisotopic (exact) mass is 354 g/mol. The van der Waals surface area contributed by atoms with Crippen LogP contribution in [-0.2, 0) is 5.41 Å². The lowest BCUT2D eigenvalue weighted by Gasteiger charge is -2.52. The summed E-state index contributed by atoms with van der Waals surface area (Å²) < 4.78 is 1.14. The van der Waals surface area contributed by atoms with E-state index in [0.717, 1.165) is 4.47 Å². The molecule has 0 atom stereocenters. The highest BCUT2D eigenvalue weighted by Crippen LogP contribution is 2.57. The van der Waals surface area contributed by atoms with Crippen molar-refractivity contribution >= 4 is 15.9 Å². The molecule has 1 heteroatoms. The summed E-state index contributed by atoms with van der Waals surface area (Å²) in [4.78, 5) is 0. The van der Waals surface area contributed by atoms with Crippen molar-refractivity contribution in [2.75, 3.05) is 0 Å². The number of halogens is 1. The van der Waals surface area contributed by atoms with E-state index in [0.29, 0.717) is 10.8 Å². The predicted molar refractivity (Wildman–Crippen MR) is 97.1 cm³/mol. The van der Waals surface area contributed by atoms with Crippen LogP contribution in [-0.4, -0.2) is 0 Å². The van der Waals surface area contributed by atoms with Crippen molar-refractivity contribution in [1.29, 1.82) is 0 Å². The molecule has 0 unspecified atom stereocenters.